The lowest BCUT2D eigenvalue weighted by Crippen LogP contribution is -2.34. The van der Waals surface area contributed by atoms with E-state index >= 15 is 0 Å². The molecule has 4 nitrogen and oxygen atoms in total. The first-order valence-corrected chi connectivity index (χ1v) is 6.08. The minimum absolute atomic E-state index is 0.0652. The summed E-state index contributed by atoms with van der Waals surface area (Å²) in [7, 11) is 3.34. The van der Waals surface area contributed by atoms with Gasteiger partial charge >= 0.3 is 0 Å². The van der Waals surface area contributed by atoms with Gasteiger partial charge in [-0.3, -0.25) is 4.79 Å². The van der Waals surface area contributed by atoms with Crippen molar-refractivity contribution in [1.29, 1.82) is 0 Å². The summed E-state index contributed by atoms with van der Waals surface area (Å²) in [5.41, 5.74) is 1.79. The number of hydrogen-bond acceptors (Lipinski definition) is 3. The number of amides is 1. The molecule has 0 bridgehead atoms. The van der Waals surface area contributed by atoms with Crippen LogP contribution in [0.1, 0.15) is 18.9 Å². The number of aliphatic hydroxyl groups excluding tert-OH is 1. The van der Waals surface area contributed by atoms with E-state index in [0.29, 0.717) is 6.42 Å². The Bertz CT molecular complexity index is 414. The second kappa shape index (κ2) is 6.40. The fourth-order valence-corrected chi connectivity index (χ4v) is 1.85. The lowest BCUT2D eigenvalue weighted by atomic mass is 10.1. The van der Waals surface area contributed by atoms with E-state index in [1.165, 1.54) is 0 Å². The van der Waals surface area contributed by atoms with Crippen molar-refractivity contribution < 1.29 is 14.6 Å². The van der Waals surface area contributed by atoms with Crippen molar-refractivity contribution in [1.82, 2.24) is 0 Å². The van der Waals surface area contributed by atoms with Crippen molar-refractivity contribution in [2.24, 2.45) is 5.92 Å². The van der Waals surface area contributed by atoms with Crippen LogP contribution in [0, 0.1) is 12.8 Å². The minimum Gasteiger partial charge on any atom is -0.496 e. The standard InChI is InChI=1S/C14H21NO3/c1-5-11(9-16)14(17)15(3)12-6-7-13(18-4)10(2)8-12/h6-8,11,16H,5,9H2,1-4H3. The van der Waals surface area contributed by atoms with E-state index in [-0.39, 0.29) is 18.4 Å². The maximum absolute atomic E-state index is 12.1. The quantitative estimate of drug-likeness (QED) is 0.870. The van der Waals surface area contributed by atoms with Gasteiger partial charge in [-0.2, -0.15) is 0 Å². The summed E-state index contributed by atoms with van der Waals surface area (Å²) < 4.78 is 5.19. The number of carbonyl (C=O) groups is 1. The van der Waals surface area contributed by atoms with Crippen LogP contribution < -0.4 is 9.64 Å². The average Bonchev–Trinajstić information content (AvgIpc) is 2.39. The summed E-state index contributed by atoms with van der Waals surface area (Å²) in [6, 6.07) is 5.59. The molecule has 1 amide bonds. The normalized spacial score (nSPS) is 12.1. The molecule has 0 spiro atoms. The molecule has 0 aromatic heterocycles. The first-order chi connectivity index (χ1) is 8.54. The zero-order valence-electron chi connectivity index (χ0n) is 11.4. The van der Waals surface area contributed by atoms with E-state index in [1.54, 1.807) is 19.1 Å². The summed E-state index contributed by atoms with van der Waals surface area (Å²) in [6.45, 7) is 3.71. The second-order valence-electron chi connectivity index (χ2n) is 4.34. The summed E-state index contributed by atoms with van der Waals surface area (Å²) in [4.78, 5) is 13.7. The predicted octanol–water partition coefficient (Wildman–Crippen LogP) is 1.98. The minimum atomic E-state index is -0.336. The largest absolute Gasteiger partial charge is 0.496 e. The van der Waals surface area contributed by atoms with Crippen LogP contribution in [0.3, 0.4) is 0 Å². The van der Waals surface area contributed by atoms with Crippen molar-refractivity contribution in [3.05, 3.63) is 23.8 Å². The Labute approximate surface area is 108 Å². The fraction of sp³-hybridized carbons (Fsp3) is 0.500. The molecule has 1 aromatic carbocycles. The highest BCUT2D eigenvalue weighted by molar-refractivity contribution is 5.94. The van der Waals surface area contributed by atoms with Gasteiger partial charge in [0.05, 0.1) is 19.6 Å². The van der Waals surface area contributed by atoms with Crippen LogP contribution in [0.2, 0.25) is 0 Å². The molecule has 1 aromatic rings. The van der Waals surface area contributed by atoms with Gasteiger partial charge in [-0.15, -0.1) is 0 Å². The molecule has 1 atom stereocenters. The van der Waals surface area contributed by atoms with Gasteiger partial charge in [0, 0.05) is 12.7 Å². The number of aliphatic hydroxyl groups is 1. The summed E-state index contributed by atoms with van der Waals surface area (Å²) in [6.07, 6.45) is 0.634. The summed E-state index contributed by atoms with van der Waals surface area (Å²) in [5.74, 6) is 0.399. The highest BCUT2D eigenvalue weighted by Gasteiger charge is 2.20. The molecular formula is C14H21NO3. The first-order valence-electron chi connectivity index (χ1n) is 6.08. The number of benzene rings is 1. The van der Waals surface area contributed by atoms with Gasteiger partial charge in [-0.05, 0) is 37.1 Å². The molecule has 100 valence electrons. The monoisotopic (exact) mass is 251 g/mol. The lowest BCUT2D eigenvalue weighted by Gasteiger charge is -2.22. The average molecular weight is 251 g/mol. The van der Waals surface area contributed by atoms with Gasteiger partial charge in [0.2, 0.25) is 5.91 Å². The molecule has 0 aliphatic rings. The van der Waals surface area contributed by atoms with Gasteiger partial charge in [-0.1, -0.05) is 6.92 Å². The van der Waals surface area contributed by atoms with E-state index in [2.05, 4.69) is 0 Å². The van der Waals surface area contributed by atoms with Gasteiger partial charge in [0.1, 0.15) is 5.75 Å². The molecule has 0 heterocycles. The Kier molecular flexibility index (Phi) is 5.16. The van der Waals surface area contributed by atoms with Crippen molar-refractivity contribution in [2.75, 3.05) is 25.7 Å². The van der Waals surface area contributed by atoms with E-state index < -0.39 is 0 Å². The molecule has 1 rings (SSSR count). The maximum Gasteiger partial charge on any atom is 0.232 e. The highest BCUT2D eigenvalue weighted by Crippen LogP contribution is 2.24. The van der Waals surface area contributed by atoms with Crippen molar-refractivity contribution in [3.63, 3.8) is 0 Å². The van der Waals surface area contributed by atoms with Crippen LogP contribution in [-0.2, 0) is 4.79 Å². The van der Waals surface area contributed by atoms with Crippen LogP contribution in [-0.4, -0.2) is 31.8 Å². The van der Waals surface area contributed by atoms with Crippen LogP contribution >= 0.6 is 0 Å². The number of nitrogens with zero attached hydrogens (tertiary/aromatic N) is 1. The highest BCUT2D eigenvalue weighted by atomic mass is 16.5. The molecule has 1 N–H and O–H groups in total. The molecule has 0 aliphatic carbocycles. The second-order valence-corrected chi connectivity index (χ2v) is 4.34. The fourth-order valence-electron chi connectivity index (χ4n) is 1.85. The first kappa shape index (κ1) is 14.5. The number of carbonyl (C=O) groups excluding carboxylic acids is 1. The van der Waals surface area contributed by atoms with E-state index in [4.69, 9.17) is 9.84 Å². The van der Waals surface area contributed by atoms with Gasteiger partial charge < -0.3 is 14.7 Å². The van der Waals surface area contributed by atoms with E-state index in [0.717, 1.165) is 17.0 Å². The third-order valence-corrected chi connectivity index (χ3v) is 3.16. The van der Waals surface area contributed by atoms with Gasteiger partial charge in [-0.25, -0.2) is 0 Å². The Balaban J connectivity index is 2.93. The SMILES string of the molecule is CCC(CO)C(=O)N(C)c1ccc(OC)c(C)c1. The number of hydrogen-bond donors (Lipinski definition) is 1. The number of aryl methyl sites for hydroxylation is 1. The molecular weight excluding hydrogens is 230 g/mol. The topological polar surface area (TPSA) is 49.8 Å². The van der Waals surface area contributed by atoms with Crippen molar-refractivity contribution in [2.45, 2.75) is 20.3 Å². The molecule has 0 aliphatic heterocycles. The van der Waals surface area contributed by atoms with Crippen molar-refractivity contribution in [3.8, 4) is 5.75 Å². The zero-order chi connectivity index (χ0) is 13.7. The van der Waals surface area contributed by atoms with Crippen LogP contribution in [0.25, 0.3) is 0 Å². The summed E-state index contributed by atoms with van der Waals surface area (Å²) in [5, 5.41) is 9.16. The molecule has 0 saturated heterocycles. The predicted molar refractivity (Wildman–Crippen MR) is 72.0 cm³/mol. The third kappa shape index (κ3) is 3.01. The van der Waals surface area contributed by atoms with Crippen LogP contribution in [0.5, 0.6) is 5.75 Å². The molecule has 0 radical (unpaired) electrons. The summed E-state index contributed by atoms with van der Waals surface area (Å²) >= 11 is 0. The van der Waals surface area contributed by atoms with Gasteiger partial charge in [0.15, 0.2) is 0 Å². The Morgan fingerprint density at radius 1 is 1.50 bits per heavy atom. The molecule has 0 saturated carbocycles. The smallest absolute Gasteiger partial charge is 0.232 e. The zero-order valence-corrected chi connectivity index (χ0v) is 11.4. The molecule has 4 heteroatoms. The van der Waals surface area contributed by atoms with Gasteiger partial charge in [0.25, 0.3) is 0 Å². The van der Waals surface area contributed by atoms with E-state index in [9.17, 15) is 4.79 Å². The Morgan fingerprint density at radius 3 is 2.61 bits per heavy atom. The molecule has 18 heavy (non-hydrogen) atoms. The van der Waals surface area contributed by atoms with Crippen molar-refractivity contribution >= 4 is 11.6 Å². The Morgan fingerprint density at radius 2 is 2.17 bits per heavy atom. The van der Waals surface area contributed by atoms with Crippen LogP contribution in [0.4, 0.5) is 5.69 Å². The third-order valence-electron chi connectivity index (χ3n) is 3.16. The Hall–Kier alpha value is -1.55. The molecule has 1 unspecified atom stereocenters. The number of rotatable bonds is 5. The lowest BCUT2D eigenvalue weighted by molar-refractivity contribution is -0.123. The maximum atomic E-state index is 12.1. The number of anilines is 1. The van der Waals surface area contributed by atoms with E-state index in [1.807, 2.05) is 32.0 Å². The number of ether oxygens (including phenoxy) is 1. The molecule has 0 fully saturated rings. The van der Waals surface area contributed by atoms with Crippen LogP contribution in [0.15, 0.2) is 18.2 Å². The number of methoxy groups -OCH3 is 1.